The molecule has 2 heteroatoms. The molecule has 1 aromatic rings. The summed E-state index contributed by atoms with van der Waals surface area (Å²) in [6.07, 6.45) is 6.77. The van der Waals surface area contributed by atoms with E-state index in [4.69, 9.17) is 4.74 Å². The highest BCUT2D eigenvalue weighted by molar-refractivity contribution is 5.96. The molecular weight excluding hydrogens is 224 g/mol. The Labute approximate surface area is 110 Å². The summed E-state index contributed by atoms with van der Waals surface area (Å²) in [4.78, 5) is 11.9. The summed E-state index contributed by atoms with van der Waals surface area (Å²) in [6, 6.07) is 7.40. The normalized spacial score (nSPS) is 10.1. The van der Waals surface area contributed by atoms with Crippen molar-refractivity contribution < 1.29 is 9.53 Å². The number of carbonyl (C=O) groups is 1. The Bertz CT molecular complexity index is 365. The first-order chi connectivity index (χ1) is 8.77. The van der Waals surface area contributed by atoms with Gasteiger partial charge in [0.25, 0.3) is 0 Å². The van der Waals surface area contributed by atoms with Crippen molar-refractivity contribution in [2.75, 3.05) is 6.61 Å². The van der Waals surface area contributed by atoms with Crippen molar-refractivity contribution in [1.82, 2.24) is 0 Å². The van der Waals surface area contributed by atoms with Gasteiger partial charge in [0.1, 0.15) is 5.75 Å². The molecule has 0 amide bonds. The lowest BCUT2D eigenvalue weighted by molar-refractivity contribution is 0.0979. The van der Waals surface area contributed by atoms with Gasteiger partial charge in [-0.1, -0.05) is 12.5 Å². The van der Waals surface area contributed by atoms with Crippen LogP contribution >= 0.6 is 0 Å². The second-order valence-corrected chi connectivity index (χ2v) is 4.27. The van der Waals surface area contributed by atoms with Gasteiger partial charge in [-0.05, 0) is 50.5 Å². The van der Waals surface area contributed by atoms with Crippen LogP contribution in [-0.2, 0) is 0 Å². The number of unbranched alkanes of at least 4 members (excludes halogenated alkanes) is 3. The van der Waals surface area contributed by atoms with Gasteiger partial charge in [-0.3, -0.25) is 4.79 Å². The number of carbonyl (C=O) groups excluding carboxylic acids is 1. The molecule has 0 fully saturated rings. The van der Waals surface area contributed by atoms with Gasteiger partial charge in [0.2, 0.25) is 0 Å². The minimum Gasteiger partial charge on any atom is -0.494 e. The topological polar surface area (TPSA) is 26.3 Å². The summed E-state index contributed by atoms with van der Waals surface area (Å²) in [5, 5.41) is 0. The van der Waals surface area contributed by atoms with E-state index in [2.05, 4.69) is 6.58 Å². The summed E-state index contributed by atoms with van der Waals surface area (Å²) in [5.41, 5.74) is 0.780. The van der Waals surface area contributed by atoms with Crippen molar-refractivity contribution in [3.8, 4) is 5.75 Å². The molecule has 0 heterocycles. The molecule has 0 N–H and O–H groups in total. The zero-order valence-electron chi connectivity index (χ0n) is 11.2. The van der Waals surface area contributed by atoms with Gasteiger partial charge in [0.05, 0.1) is 6.61 Å². The van der Waals surface area contributed by atoms with Crippen LogP contribution in [-0.4, -0.2) is 12.4 Å². The Morgan fingerprint density at radius 3 is 2.56 bits per heavy atom. The minimum atomic E-state index is 0.219. The smallest absolute Gasteiger partial charge is 0.162 e. The largest absolute Gasteiger partial charge is 0.494 e. The zero-order valence-corrected chi connectivity index (χ0v) is 11.2. The van der Waals surface area contributed by atoms with Gasteiger partial charge in [-0.2, -0.15) is 0 Å². The fourth-order valence-electron chi connectivity index (χ4n) is 1.80. The Morgan fingerprint density at radius 1 is 1.22 bits per heavy atom. The Balaban J connectivity index is 2.34. The first-order valence-electron chi connectivity index (χ1n) is 6.65. The monoisotopic (exact) mass is 246 g/mol. The maximum Gasteiger partial charge on any atom is 0.162 e. The van der Waals surface area contributed by atoms with Crippen LogP contribution in [0.3, 0.4) is 0 Å². The molecule has 0 bridgehead atoms. The molecule has 0 saturated heterocycles. The molecule has 0 aliphatic heterocycles. The van der Waals surface area contributed by atoms with Crippen molar-refractivity contribution in [1.29, 1.82) is 0 Å². The lowest BCUT2D eigenvalue weighted by Crippen LogP contribution is -1.99. The second-order valence-electron chi connectivity index (χ2n) is 4.27. The van der Waals surface area contributed by atoms with Crippen LogP contribution in [0.4, 0.5) is 0 Å². The maximum atomic E-state index is 11.9. The number of rotatable bonds is 9. The lowest BCUT2D eigenvalue weighted by atomic mass is 10.0. The van der Waals surface area contributed by atoms with Crippen LogP contribution in [0.1, 0.15) is 49.4 Å². The molecule has 0 saturated carbocycles. The van der Waals surface area contributed by atoms with Crippen LogP contribution in [0, 0.1) is 0 Å². The van der Waals surface area contributed by atoms with E-state index in [1.807, 2.05) is 37.3 Å². The van der Waals surface area contributed by atoms with Gasteiger partial charge in [0, 0.05) is 12.0 Å². The van der Waals surface area contributed by atoms with Gasteiger partial charge < -0.3 is 4.74 Å². The molecule has 18 heavy (non-hydrogen) atoms. The van der Waals surface area contributed by atoms with E-state index in [0.717, 1.165) is 37.0 Å². The maximum absolute atomic E-state index is 11.9. The average Bonchev–Trinajstić information content (AvgIpc) is 2.39. The quantitative estimate of drug-likeness (QED) is 0.366. The fraction of sp³-hybridized carbons (Fsp3) is 0.438. The molecule has 0 unspecified atom stereocenters. The summed E-state index contributed by atoms with van der Waals surface area (Å²) in [5.74, 6) is 1.04. The van der Waals surface area contributed by atoms with Crippen LogP contribution < -0.4 is 4.74 Å². The molecule has 0 aliphatic rings. The van der Waals surface area contributed by atoms with Gasteiger partial charge in [0.15, 0.2) is 5.78 Å². The van der Waals surface area contributed by atoms with Crippen molar-refractivity contribution >= 4 is 5.78 Å². The summed E-state index contributed by atoms with van der Waals surface area (Å²) >= 11 is 0. The predicted octanol–water partition coefficient (Wildman–Crippen LogP) is 4.40. The molecule has 1 rings (SSSR count). The number of hydrogen-bond donors (Lipinski definition) is 0. The van der Waals surface area contributed by atoms with Crippen molar-refractivity contribution in [2.45, 2.75) is 39.0 Å². The summed E-state index contributed by atoms with van der Waals surface area (Å²) in [6.45, 7) is 6.28. The number of allylic oxidation sites excluding steroid dienone is 1. The van der Waals surface area contributed by atoms with E-state index in [-0.39, 0.29) is 5.78 Å². The van der Waals surface area contributed by atoms with Crippen LogP contribution in [0.5, 0.6) is 5.75 Å². The van der Waals surface area contributed by atoms with E-state index in [0.29, 0.717) is 13.0 Å². The molecular formula is C16H22O2. The molecule has 0 atom stereocenters. The standard InChI is InChI=1S/C16H22O2/c1-3-5-6-7-8-9-16(17)14-10-12-15(13-11-14)18-4-2/h3,10-13H,1,4-9H2,2H3. The number of ketones is 1. The Morgan fingerprint density at radius 2 is 1.94 bits per heavy atom. The van der Waals surface area contributed by atoms with E-state index in [1.54, 1.807) is 0 Å². The zero-order chi connectivity index (χ0) is 13.2. The van der Waals surface area contributed by atoms with E-state index in [9.17, 15) is 4.79 Å². The lowest BCUT2D eigenvalue weighted by Gasteiger charge is -2.04. The molecule has 0 radical (unpaired) electrons. The molecule has 0 spiro atoms. The third-order valence-corrected chi connectivity index (χ3v) is 2.80. The first kappa shape index (κ1) is 14.5. The van der Waals surface area contributed by atoms with Gasteiger partial charge in [-0.25, -0.2) is 0 Å². The average molecular weight is 246 g/mol. The highest BCUT2D eigenvalue weighted by Gasteiger charge is 2.05. The summed E-state index contributed by atoms with van der Waals surface area (Å²) < 4.78 is 5.35. The Hall–Kier alpha value is -1.57. The molecule has 2 nitrogen and oxygen atoms in total. The molecule has 0 aliphatic carbocycles. The predicted molar refractivity (Wildman–Crippen MR) is 75.2 cm³/mol. The highest BCUT2D eigenvalue weighted by Crippen LogP contribution is 2.15. The van der Waals surface area contributed by atoms with E-state index in [1.165, 1.54) is 0 Å². The van der Waals surface area contributed by atoms with Crippen LogP contribution in [0.15, 0.2) is 36.9 Å². The van der Waals surface area contributed by atoms with Crippen LogP contribution in [0.2, 0.25) is 0 Å². The number of ether oxygens (including phenoxy) is 1. The minimum absolute atomic E-state index is 0.219. The number of Topliss-reactive ketones (excluding diaryl/α,β-unsaturated/α-hetero) is 1. The molecule has 0 aromatic heterocycles. The number of hydrogen-bond acceptors (Lipinski definition) is 2. The third kappa shape index (κ3) is 5.17. The molecule has 98 valence electrons. The number of benzene rings is 1. The van der Waals surface area contributed by atoms with Crippen molar-refractivity contribution in [3.05, 3.63) is 42.5 Å². The first-order valence-corrected chi connectivity index (χ1v) is 6.65. The SMILES string of the molecule is C=CCCCCCC(=O)c1ccc(OCC)cc1. The molecule has 1 aromatic carbocycles. The van der Waals surface area contributed by atoms with E-state index >= 15 is 0 Å². The van der Waals surface area contributed by atoms with Crippen LogP contribution in [0.25, 0.3) is 0 Å². The van der Waals surface area contributed by atoms with Gasteiger partial charge >= 0.3 is 0 Å². The fourth-order valence-corrected chi connectivity index (χ4v) is 1.80. The summed E-state index contributed by atoms with van der Waals surface area (Å²) in [7, 11) is 0. The highest BCUT2D eigenvalue weighted by atomic mass is 16.5. The Kier molecular flexibility index (Phi) is 6.85. The second kappa shape index (κ2) is 8.51. The van der Waals surface area contributed by atoms with E-state index < -0.39 is 0 Å². The van der Waals surface area contributed by atoms with Crippen molar-refractivity contribution in [3.63, 3.8) is 0 Å². The van der Waals surface area contributed by atoms with Gasteiger partial charge in [-0.15, -0.1) is 6.58 Å². The third-order valence-electron chi connectivity index (χ3n) is 2.80. The van der Waals surface area contributed by atoms with Crippen molar-refractivity contribution in [2.24, 2.45) is 0 Å².